The normalized spacial score (nSPS) is 14.9. The number of aromatic hydroxyl groups is 2. The number of carbonyl (C=O) groups excluding carboxylic acids is 1. The van der Waals surface area contributed by atoms with Gasteiger partial charge in [-0.25, -0.2) is 0 Å². The quantitative estimate of drug-likeness (QED) is 0.611. The van der Waals surface area contributed by atoms with Crippen molar-refractivity contribution in [1.82, 2.24) is 0 Å². The summed E-state index contributed by atoms with van der Waals surface area (Å²) in [4.78, 5) is 11.2. The number of rotatable bonds is 0. The molecule has 2 N–H and O–H groups in total. The molecule has 0 aliphatic heterocycles. The van der Waals surface area contributed by atoms with E-state index in [4.69, 9.17) is 0 Å². The second-order valence-corrected chi connectivity index (χ2v) is 3.47. The molecule has 1 aromatic carbocycles. The third-order valence-corrected chi connectivity index (χ3v) is 2.37. The topological polar surface area (TPSA) is 57.5 Å². The molecule has 1 aliphatic rings. The minimum Gasteiger partial charge on any atom is -0.504 e. The molecule has 0 fully saturated rings. The van der Waals surface area contributed by atoms with Crippen LogP contribution in [-0.4, -0.2) is 16.0 Å². The second-order valence-electron chi connectivity index (χ2n) is 3.47. The maximum Gasteiger partial charge on any atom is 0.160 e. The molecule has 3 nitrogen and oxygen atoms in total. The van der Waals surface area contributed by atoms with Gasteiger partial charge in [0.2, 0.25) is 0 Å². The molecule has 0 radical (unpaired) electrons. The molecule has 0 aromatic heterocycles. The van der Waals surface area contributed by atoms with Gasteiger partial charge in [-0.05, 0) is 41.8 Å². The number of benzene rings is 1. The number of fused-ring (bicyclic) bond motifs is 1. The zero-order valence-corrected chi connectivity index (χ0v) is 7.74. The van der Waals surface area contributed by atoms with Crippen molar-refractivity contribution < 1.29 is 15.0 Å². The Bertz CT molecular complexity index is 444. The molecule has 0 saturated carbocycles. The van der Waals surface area contributed by atoms with Gasteiger partial charge in [-0.3, -0.25) is 4.79 Å². The first-order chi connectivity index (χ1) is 6.58. The van der Waals surface area contributed by atoms with Gasteiger partial charge in [-0.2, -0.15) is 0 Å². The van der Waals surface area contributed by atoms with Crippen molar-refractivity contribution in [2.24, 2.45) is 0 Å². The van der Waals surface area contributed by atoms with Gasteiger partial charge >= 0.3 is 0 Å². The number of hydrogen-bond donors (Lipinski definition) is 2. The first-order valence-electron chi connectivity index (χ1n) is 4.34. The Morgan fingerprint density at radius 2 is 1.86 bits per heavy atom. The first kappa shape index (κ1) is 8.81. The van der Waals surface area contributed by atoms with E-state index in [1.807, 2.05) is 6.92 Å². The highest BCUT2D eigenvalue weighted by Gasteiger charge is 2.17. The van der Waals surface area contributed by atoms with Crippen LogP contribution in [-0.2, 0) is 11.2 Å². The van der Waals surface area contributed by atoms with Gasteiger partial charge in [-0.15, -0.1) is 0 Å². The van der Waals surface area contributed by atoms with E-state index >= 15 is 0 Å². The van der Waals surface area contributed by atoms with Gasteiger partial charge in [0, 0.05) is 6.42 Å². The third kappa shape index (κ3) is 1.27. The summed E-state index contributed by atoms with van der Waals surface area (Å²) >= 11 is 0. The highest BCUT2D eigenvalue weighted by molar-refractivity contribution is 6.01. The monoisotopic (exact) mass is 190 g/mol. The van der Waals surface area contributed by atoms with Crippen LogP contribution in [0.25, 0.3) is 5.57 Å². The lowest BCUT2D eigenvalue weighted by atomic mass is 9.90. The van der Waals surface area contributed by atoms with E-state index in [1.54, 1.807) is 6.08 Å². The summed E-state index contributed by atoms with van der Waals surface area (Å²) in [7, 11) is 0. The van der Waals surface area contributed by atoms with Gasteiger partial charge in [0.15, 0.2) is 17.3 Å². The summed E-state index contributed by atoms with van der Waals surface area (Å²) in [6, 6.07) is 2.93. The standard InChI is InChI=1S/C11H10O3/c1-6-2-8(12)3-7-4-10(13)11(14)5-9(6)7/h2,4-5,13-14H,3H2,1H3. The van der Waals surface area contributed by atoms with Crippen molar-refractivity contribution in [2.45, 2.75) is 13.3 Å². The van der Waals surface area contributed by atoms with Gasteiger partial charge in [0.05, 0.1) is 0 Å². The minimum atomic E-state index is -0.175. The Hall–Kier alpha value is -1.77. The molecule has 1 aromatic rings. The third-order valence-electron chi connectivity index (χ3n) is 2.37. The fraction of sp³-hybridized carbons (Fsp3) is 0.182. The average molecular weight is 190 g/mol. The molecular weight excluding hydrogens is 180 g/mol. The molecule has 0 amide bonds. The zero-order valence-electron chi connectivity index (χ0n) is 7.74. The first-order valence-corrected chi connectivity index (χ1v) is 4.34. The molecule has 14 heavy (non-hydrogen) atoms. The smallest absolute Gasteiger partial charge is 0.160 e. The molecule has 0 saturated heterocycles. The number of allylic oxidation sites excluding steroid dienone is 2. The van der Waals surface area contributed by atoms with E-state index in [-0.39, 0.29) is 17.3 Å². The minimum absolute atomic E-state index is 0.0279. The Morgan fingerprint density at radius 3 is 2.57 bits per heavy atom. The van der Waals surface area contributed by atoms with Crippen LogP contribution in [0, 0.1) is 0 Å². The van der Waals surface area contributed by atoms with E-state index in [0.29, 0.717) is 6.42 Å². The van der Waals surface area contributed by atoms with Gasteiger partial charge in [-0.1, -0.05) is 0 Å². The van der Waals surface area contributed by atoms with Crippen molar-refractivity contribution in [1.29, 1.82) is 0 Å². The van der Waals surface area contributed by atoms with Crippen molar-refractivity contribution in [3.8, 4) is 11.5 Å². The summed E-state index contributed by atoms with van der Waals surface area (Å²) in [5, 5.41) is 18.6. The van der Waals surface area contributed by atoms with Crippen molar-refractivity contribution in [3.05, 3.63) is 29.3 Å². The van der Waals surface area contributed by atoms with Gasteiger partial charge in [0.1, 0.15) is 0 Å². The van der Waals surface area contributed by atoms with E-state index < -0.39 is 0 Å². The molecule has 0 heterocycles. The predicted molar refractivity (Wildman–Crippen MR) is 52.1 cm³/mol. The van der Waals surface area contributed by atoms with Crippen molar-refractivity contribution in [3.63, 3.8) is 0 Å². The lowest BCUT2D eigenvalue weighted by Gasteiger charge is -2.14. The lowest BCUT2D eigenvalue weighted by molar-refractivity contribution is -0.114. The molecule has 3 heteroatoms. The SMILES string of the molecule is CC1=CC(=O)Cc2cc(O)c(O)cc21. The summed E-state index contributed by atoms with van der Waals surface area (Å²) in [5.41, 5.74) is 2.43. The Kier molecular flexibility index (Phi) is 1.81. The molecular formula is C11H10O3. The second kappa shape index (κ2) is 2.87. The summed E-state index contributed by atoms with van der Waals surface area (Å²) in [6.07, 6.45) is 1.85. The zero-order chi connectivity index (χ0) is 10.3. The van der Waals surface area contributed by atoms with Crippen LogP contribution < -0.4 is 0 Å². The number of phenols is 2. The Balaban J connectivity index is 2.64. The molecule has 0 atom stereocenters. The summed E-state index contributed by atoms with van der Waals surface area (Å²) in [5.74, 6) is -0.294. The fourth-order valence-corrected chi connectivity index (χ4v) is 1.69. The Labute approximate surface area is 81.3 Å². The van der Waals surface area contributed by atoms with Crippen LogP contribution in [0.3, 0.4) is 0 Å². The summed E-state index contributed by atoms with van der Waals surface area (Å²) in [6.45, 7) is 1.81. The van der Waals surface area contributed by atoms with Crippen LogP contribution in [0.2, 0.25) is 0 Å². The van der Waals surface area contributed by atoms with Crippen LogP contribution >= 0.6 is 0 Å². The largest absolute Gasteiger partial charge is 0.504 e. The Morgan fingerprint density at radius 1 is 1.21 bits per heavy atom. The molecule has 0 bridgehead atoms. The van der Waals surface area contributed by atoms with Gasteiger partial charge in [0.25, 0.3) is 0 Å². The van der Waals surface area contributed by atoms with E-state index in [2.05, 4.69) is 0 Å². The predicted octanol–water partition coefficient (Wildman–Crippen LogP) is 1.63. The van der Waals surface area contributed by atoms with Gasteiger partial charge < -0.3 is 10.2 Å². The van der Waals surface area contributed by atoms with Crippen LogP contribution in [0.15, 0.2) is 18.2 Å². The van der Waals surface area contributed by atoms with Crippen LogP contribution in [0.1, 0.15) is 18.1 Å². The molecule has 1 aliphatic carbocycles. The highest BCUT2D eigenvalue weighted by Crippen LogP contribution is 2.34. The molecule has 72 valence electrons. The average Bonchev–Trinajstić information content (AvgIpc) is 2.08. The molecule has 2 rings (SSSR count). The van der Waals surface area contributed by atoms with Crippen molar-refractivity contribution >= 4 is 11.4 Å². The maximum absolute atomic E-state index is 11.2. The lowest BCUT2D eigenvalue weighted by Crippen LogP contribution is -2.07. The van der Waals surface area contributed by atoms with Crippen LogP contribution in [0.5, 0.6) is 11.5 Å². The number of ketones is 1. The maximum atomic E-state index is 11.2. The number of carbonyl (C=O) groups is 1. The molecule has 0 unspecified atom stereocenters. The number of phenolic OH excluding ortho intramolecular Hbond substituents is 2. The summed E-state index contributed by atoms with van der Waals surface area (Å²) < 4.78 is 0. The van der Waals surface area contributed by atoms with E-state index in [0.717, 1.165) is 16.7 Å². The van der Waals surface area contributed by atoms with Crippen molar-refractivity contribution in [2.75, 3.05) is 0 Å². The highest BCUT2D eigenvalue weighted by atomic mass is 16.3. The van der Waals surface area contributed by atoms with E-state index in [1.165, 1.54) is 12.1 Å². The fourth-order valence-electron chi connectivity index (χ4n) is 1.69. The van der Waals surface area contributed by atoms with E-state index in [9.17, 15) is 15.0 Å². The molecule has 0 spiro atoms. The van der Waals surface area contributed by atoms with Crippen LogP contribution in [0.4, 0.5) is 0 Å². The number of hydrogen-bond acceptors (Lipinski definition) is 3.